The summed E-state index contributed by atoms with van der Waals surface area (Å²) in [5, 5.41) is 3.49. The number of hydrogen-bond donors (Lipinski definition) is 1. The second kappa shape index (κ2) is 7.24. The van der Waals surface area contributed by atoms with E-state index >= 15 is 0 Å². The first-order chi connectivity index (χ1) is 8.36. The molecule has 2 rings (SSSR count). The number of rotatable bonds is 4. The maximum Gasteiger partial charge on any atom is 0.224 e. The topological polar surface area (TPSA) is 41.6 Å². The van der Waals surface area contributed by atoms with Gasteiger partial charge in [-0.2, -0.15) is 11.8 Å². The van der Waals surface area contributed by atoms with Crippen LogP contribution >= 0.6 is 11.8 Å². The first-order valence-corrected chi connectivity index (χ1v) is 7.68. The third-order valence-corrected chi connectivity index (χ3v) is 4.51. The molecule has 5 heteroatoms. The number of nitrogens with one attached hydrogen (secondary N) is 1. The molecule has 1 N–H and O–H groups in total. The van der Waals surface area contributed by atoms with Crippen LogP contribution in [-0.4, -0.2) is 61.2 Å². The van der Waals surface area contributed by atoms with Crippen LogP contribution in [0.5, 0.6) is 0 Å². The number of hydrogen-bond acceptors (Lipinski definition) is 4. The van der Waals surface area contributed by atoms with E-state index in [-0.39, 0.29) is 5.91 Å². The number of morpholine rings is 1. The normalized spacial score (nSPS) is 25.9. The monoisotopic (exact) mass is 258 g/mol. The van der Waals surface area contributed by atoms with Crippen LogP contribution in [0.15, 0.2) is 0 Å². The van der Waals surface area contributed by atoms with Crippen LogP contribution in [0.3, 0.4) is 0 Å². The summed E-state index contributed by atoms with van der Waals surface area (Å²) in [4.78, 5) is 13.8. The van der Waals surface area contributed by atoms with Gasteiger partial charge in [-0.1, -0.05) is 0 Å². The van der Waals surface area contributed by atoms with Crippen molar-refractivity contribution in [3.05, 3.63) is 0 Å². The molecular weight excluding hydrogens is 236 g/mol. The summed E-state index contributed by atoms with van der Waals surface area (Å²) in [5.74, 6) is 2.76. The third-order valence-electron chi connectivity index (χ3n) is 3.30. The van der Waals surface area contributed by atoms with Crippen LogP contribution in [0.2, 0.25) is 0 Å². The van der Waals surface area contributed by atoms with Crippen LogP contribution in [0.1, 0.15) is 19.3 Å². The highest BCUT2D eigenvalue weighted by molar-refractivity contribution is 7.99. The lowest BCUT2D eigenvalue weighted by molar-refractivity contribution is -0.135. The van der Waals surface area contributed by atoms with Crippen molar-refractivity contribution < 1.29 is 9.53 Å². The van der Waals surface area contributed by atoms with E-state index in [4.69, 9.17) is 4.74 Å². The molecular formula is C12H22N2O2S. The number of carbonyl (C=O) groups is 1. The molecule has 0 spiro atoms. The van der Waals surface area contributed by atoms with Crippen molar-refractivity contribution in [1.29, 1.82) is 0 Å². The quantitative estimate of drug-likeness (QED) is 0.807. The zero-order valence-electron chi connectivity index (χ0n) is 10.3. The van der Waals surface area contributed by atoms with E-state index in [1.807, 2.05) is 16.7 Å². The van der Waals surface area contributed by atoms with Crippen molar-refractivity contribution in [3.63, 3.8) is 0 Å². The average molecular weight is 258 g/mol. The van der Waals surface area contributed by atoms with Gasteiger partial charge in [0.05, 0.1) is 13.2 Å². The van der Waals surface area contributed by atoms with Crippen molar-refractivity contribution in [1.82, 2.24) is 10.2 Å². The Balaban J connectivity index is 1.58. The Kier molecular flexibility index (Phi) is 5.61. The minimum atomic E-state index is 0.268. The molecule has 0 radical (unpaired) electrons. The first-order valence-electron chi connectivity index (χ1n) is 6.53. The maximum absolute atomic E-state index is 11.9. The van der Waals surface area contributed by atoms with Crippen molar-refractivity contribution in [3.8, 4) is 0 Å². The molecule has 2 heterocycles. The van der Waals surface area contributed by atoms with Crippen molar-refractivity contribution in [2.45, 2.75) is 25.3 Å². The fourth-order valence-corrected chi connectivity index (χ4v) is 3.36. The predicted octanol–water partition coefficient (Wildman–Crippen LogP) is 0.720. The van der Waals surface area contributed by atoms with Crippen molar-refractivity contribution in [2.24, 2.45) is 0 Å². The molecule has 17 heavy (non-hydrogen) atoms. The summed E-state index contributed by atoms with van der Waals surface area (Å²) >= 11 is 2.02. The Hall–Kier alpha value is -0.260. The van der Waals surface area contributed by atoms with Gasteiger partial charge in [0.25, 0.3) is 0 Å². The molecule has 2 aliphatic rings. The van der Waals surface area contributed by atoms with Crippen molar-refractivity contribution in [2.75, 3.05) is 44.4 Å². The number of ether oxygens (including phenoxy) is 1. The van der Waals surface area contributed by atoms with E-state index in [1.54, 1.807) is 0 Å². The lowest BCUT2D eigenvalue weighted by Gasteiger charge is -2.27. The first kappa shape index (κ1) is 13.2. The molecule has 2 fully saturated rings. The highest BCUT2D eigenvalue weighted by Crippen LogP contribution is 2.16. The minimum Gasteiger partial charge on any atom is -0.378 e. The number of amides is 1. The van der Waals surface area contributed by atoms with Crippen molar-refractivity contribution >= 4 is 17.7 Å². The Labute approximate surface area is 107 Å². The largest absolute Gasteiger partial charge is 0.378 e. The highest BCUT2D eigenvalue weighted by Gasteiger charge is 2.17. The highest BCUT2D eigenvalue weighted by atomic mass is 32.2. The second-order valence-electron chi connectivity index (χ2n) is 4.61. The van der Waals surface area contributed by atoms with Gasteiger partial charge >= 0.3 is 0 Å². The van der Waals surface area contributed by atoms with E-state index in [0.29, 0.717) is 25.7 Å². The van der Waals surface area contributed by atoms with Gasteiger partial charge in [0.1, 0.15) is 0 Å². The van der Waals surface area contributed by atoms with E-state index in [9.17, 15) is 4.79 Å². The summed E-state index contributed by atoms with van der Waals surface area (Å²) in [6, 6.07) is 0.617. The minimum absolute atomic E-state index is 0.268. The third kappa shape index (κ3) is 4.48. The fourth-order valence-electron chi connectivity index (χ4n) is 2.26. The molecule has 0 bridgehead atoms. The Morgan fingerprint density at radius 2 is 2.24 bits per heavy atom. The number of nitrogens with zero attached hydrogens (tertiary/aromatic N) is 1. The molecule has 0 aromatic carbocycles. The van der Waals surface area contributed by atoms with Gasteiger partial charge < -0.3 is 15.0 Å². The summed E-state index contributed by atoms with van der Waals surface area (Å²) in [6.07, 6.45) is 3.19. The lowest BCUT2D eigenvalue weighted by Crippen LogP contribution is -2.42. The van der Waals surface area contributed by atoms with Crippen LogP contribution in [0, 0.1) is 0 Å². The van der Waals surface area contributed by atoms with E-state index < -0.39 is 0 Å². The molecule has 0 aromatic rings. The zero-order chi connectivity index (χ0) is 11.9. The van der Waals surface area contributed by atoms with E-state index in [0.717, 1.165) is 19.6 Å². The lowest BCUT2D eigenvalue weighted by atomic mass is 10.2. The van der Waals surface area contributed by atoms with Gasteiger partial charge in [-0.15, -0.1) is 0 Å². The van der Waals surface area contributed by atoms with Crippen LogP contribution in [0.25, 0.3) is 0 Å². The SMILES string of the molecule is O=C(CCNC1CCCSC1)N1CCOCC1. The molecule has 0 aromatic heterocycles. The Morgan fingerprint density at radius 1 is 1.41 bits per heavy atom. The van der Waals surface area contributed by atoms with Gasteiger partial charge in [-0.25, -0.2) is 0 Å². The Morgan fingerprint density at radius 3 is 2.94 bits per heavy atom. The van der Waals surface area contributed by atoms with Crippen LogP contribution in [-0.2, 0) is 9.53 Å². The van der Waals surface area contributed by atoms with Gasteiger partial charge in [0.15, 0.2) is 0 Å². The Bertz CT molecular complexity index is 239. The molecule has 1 atom stereocenters. The van der Waals surface area contributed by atoms with Gasteiger partial charge in [-0.05, 0) is 18.6 Å². The summed E-state index contributed by atoms with van der Waals surface area (Å²) in [6.45, 7) is 3.73. The summed E-state index contributed by atoms with van der Waals surface area (Å²) in [5.41, 5.74) is 0. The molecule has 4 nitrogen and oxygen atoms in total. The molecule has 2 aliphatic heterocycles. The molecule has 98 valence electrons. The van der Waals surface area contributed by atoms with Gasteiger partial charge in [0.2, 0.25) is 5.91 Å². The van der Waals surface area contributed by atoms with Gasteiger partial charge in [-0.3, -0.25) is 4.79 Å². The molecule has 2 saturated heterocycles. The molecule has 0 saturated carbocycles. The van der Waals surface area contributed by atoms with Gasteiger partial charge in [0, 0.05) is 37.8 Å². The molecule has 1 unspecified atom stereocenters. The van der Waals surface area contributed by atoms with E-state index in [1.165, 1.54) is 24.3 Å². The zero-order valence-corrected chi connectivity index (χ0v) is 11.1. The van der Waals surface area contributed by atoms with E-state index in [2.05, 4.69) is 5.32 Å². The van der Waals surface area contributed by atoms with Crippen LogP contribution < -0.4 is 5.32 Å². The smallest absolute Gasteiger partial charge is 0.224 e. The maximum atomic E-state index is 11.9. The number of carbonyl (C=O) groups excluding carboxylic acids is 1. The van der Waals surface area contributed by atoms with Crippen LogP contribution in [0.4, 0.5) is 0 Å². The second-order valence-corrected chi connectivity index (χ2v) is 5.76. The summed E-state index contributed by atoms with van der Waals surface area (Å²) < 4.78 is 5.24. The number of thioether (sulfide) groups is 1. The summed E-state index contributed by atoms with van der Waals surface area (Å²) in [7, 11) is 0. The fraction of sp³-hybridized carbons (Fsp3) is 0.917. The average Bonchev–Trinajstić information content (AvgIpc) is 2.41. The molecule has 1 amide bonds. The standard InChI is InChI=1S/C12H22N2O2S/c15-12(14-5-7-16-8-6-14)3-4-13-11-2-1-9-17-10-11/h11,13H,1-10H2. The molecule has 0 aliphatic carbocycles. The predicted molar refractivity (Wildman–Crippen MR) is 70.4 cm³/mol.